The number of hydrogen-bond donors (Lipinski definition) is 0. The van der Waals surface area contributed by atoms with Gasteiger partial charge in [-0.3, -0.25) is 9.97 Å². The van der Waals surface area contributed by atoms with Crippen LogP contribution >= 0.6 is 0 Å². The fourth-order valence-corrected chi connectivity index (χ4v) is 0.970. The van der Waals surface area contributed by atoms with Crippen molar-refractivity contribution in [3.05, 3.63) is 23.3 Å². The minimum absolute atomic E-state index is 0.971. The monoisotopic (exact) mass is 138 g/mol. The molecule has 1 aromatic heterocycles. The first kappa shape index (κ1) is 7.19. The lowest BCUT2D eigenvalue weighted by Crippen LogP contribution is -1.96. The standard InChI is InChI=1S/C8H12N2/c1-4-8-7(3)10-6(2)5-9-8/h5H,4H2,1-3H3/i1+1,4+1. The summed E-state index contributed by atoms with van der Waals surface area (Å²) in [5.41, 5.74) is 3.16. The molecule has 1 aromatic rings. The summed E-state index contributed by atoms with van der Waals surface area (Å²) in [6.45, 7) is 6.05. The van der Waals surface area contributed by atoms with Crippen molar-refractivity contribution < 1.29 is 0 Å². The van der Waals surface area contributed by atoms with Crippen LogP contribution in [0.25, 0.3) is 0 Å². The molecule has 10 heavy (non-hydrogen) atoms. The van der Waals surface area contributed by atoms with E-state index in [9.17, 15) is 0 Å². The lowest BCUT2D eigenvalue weighted by molar-refractivity contribution is 0.935. The van der Waals surface area contributed by atoms with Gasteiger partial charge < -0.3 is 0 Å². The fourth-order valence-electron chi connectivity index (χ4n) is 0.970. The Morgan fingerprint density at radius 1 is 1.40 bits per heavy atom. The van der Waals surface area contributed by atoms with E-state index in [-0.39, 0.29) is 0 Å². The maximum atomic E-state index is 4.28. The van der Waals surface area contributed by atoms with Gasteiger partial charge in [0.1, 0.15) is 0 Å². The molecule has 0 aliphatic rings. The molecule has 0 saturated carbocycles. The summed E-state index contributed by atoms with van der Waals surface area (Å²) >= 11 is 0. The summed E-state index contributed by atoms with van der Waals surface area (Å²) < 4.78 is 0. The van der Waals surface area contributed by atoms with Crippen LogP contribution in [0.15, 0.2) is 6.20 Å². The van der Waals surface area contributed by atoms with Crippen molar-refractivity contribution in [3.63, 3.8) is 0 Å². The SMILES string of the molecule is Cc1cnc([13CH2][13CH3])c(C)n1. The molecule has 0 radical (unpaired) electrons. The molecule has 2 heteroatoms. The van der Waals surface area contributed by atoms with E-state index in [1.165, 1.54) is 0 Å². The first-order valence-electron chi connectivity index (χ1n) is 3.53. The minimum atomic E-state index is 0.971. The number of aromatic nitrogens is 2. The van der Waals surface area contributed by atoms with Gasteiger partial charge in [-0.15, -0.1) is 0 Å². The van der Waals surface area contributed by atoms with E-state index in [0.29, 0.717) is 0 Å². The van der Waals surface area contributed by atoms with Crippen LogP contribution in [0.5, 0.6) is 0 Å². The van der Waals surface area contributed by atoms with Crippen molar-refractivity contribution >= 4 is 0 Å². The third kappa shape index (κ3) is 1.32. The average Bonchev–Trinajstić information content (AvgIpc) is 1.88. The molecule has 2 nitrogen and oxygen atoms in total. The number of aryl methyl sites for hydroxylation is 3. The Balaban J connectivity index is 3.07. The van der Waals surface area contributed by atoms with E-state index in [2.05, 4.69) is 16.9 Å². The van der Waals surface area contributed by atoms with Crippen LogP contribution < -0.4 is 0 Å². The molecule has 1 heterocycles. The molecule has 0 aromatic carbocycles. The predicted molar refractivity (Wildman–Crippen MR) is 40.9 cm³/mol. The van der Waals surface area contributed by atoms with Crippen LogP contribution in [0.1, 0.15) is 24.0 Å². The summed E-state index contributed by atoms with van der Waals surface area (Å²) in [6, 6.07) is 0. The lowest BCUT2D eigenvalue weighted by Gasteiger charge is -1.99. The topological polar surface area (TPSA) is 25.8 Å². The second kappa shape index (κ2) is 2.78. The van der Waals surface area contributed by atoms with E-state index < -0.39 is 0 Å². The minimum Gasteiger partial charge on any atom is -0.258 e. The molecule has 0 atom stereocenters. The maximum absolute atomic E-state index is 4.28. The highest BCUT2D eigenvalue weighted by Gasteiger charge is 1.96. The smallest absolute Gasteiger partial charge is 0.0613 e. The van der Waals surface area contributed by atoms with Gasteiger partial charge in [0, 0.05) is 6.20 Å². The maximum Gasteiger partial charge on any atom is 0.0613 e. The zero-order valence-corrected chi connectivity index (χ0v) is 6.68. The van der Waals surface area contributed by atoms with Crippen LogP contribution in [-0.4, -0.2) is 9.97 Å². The fraction of sp³-hybridized carbons (Fsp3) is 0.500. The Morgan fingerprint density at radius 3 is 2.60 bits per heavy atom. The molecule has 0 aliphatic heterocycles. The second-order valence-electron chi connectivity index (χ2n) is 2.40. The Morgan fingerprint density at radius 2 is 2.10 bits per heavy atom. The molecule has 1 rings (SSSR count). The van der Waals surface area contributed by atoms with E-state index in [1.807, 2.05) is 20.0 Å². The van der Waals surface area contributed by atoms with Crippen molar-refractivity contribution in [2.45, 2.75) is 27.2 Å². The zero-order chi connectivity index (χ0) is 7.56. The highest BCUT2D eigenvalue weighted by molar-refractivity contribution is 5.11. The van der Waals surface area contributed by atoms with Gasteiger partial charge in [0.15, 0.2) is 0 Å². The molecule has 54 valence electrons. The third-order valence-corrected chi connectivity index (χ3v) is 1.50. The summed E-state index contributed by atoms with van der Waals surface area (Å²) in [4.78, 5) is 8.52. The van der Waals surface area contributed by atoms with Crippen LogP contribution in [0.3, 0.4) is 0 Å². The first-order chi connectivity index (χ1) is 4.74. The molecular weight excluding hydrogens is 126 g/mol. The van der Waals surface area contributed by atoms with Gasteiger partial charge in [-0.1, -0.05) is 6.92 Å². The number of hydrogen-bond acceptors (Lipinski definition) is 2. The number of nitrogens with zero attached hydrogens (tertiary/aromatic N) is 2. The Labute approximate surface area is 61.3 Å². The van der Waals surface area contributed by atoms with E-state index in [4.69, 9.17) is 0 Å². The van der Waals surface area contributed by atoms with Crippen molar-refractivity contribution in [2.24, 2.45) is 0 Å². The summed E-state index contributed by atoms with van der Waals surface area (Å²) in [6.07, 6.45) is 2.78. The molecule has 0 saturated heterocycles. The van der Waals surface area contributed by atoms with Crippen molar-refractivity contribution in [1.29, 1.82) is 0 Å². The van der Waals surface area contributed by atoms with E-state index in [0.717, 1.165) is 23.5 Å². The van der Waals surface area contributed by atoms with E-state index >= 15 is 0 Å². The lowest BCUT2D eigenvalue weighted by atomic mass is 10.4. The van der Waals surface area contributed by atoms with Crippen LogP contribution in [-0.2, 0) is 6.42 Å². The largest absolute Gasteiger partial charge is 0.258 e. The Hall–Kier alpha value is -0.920. The molecule has 0 N–H and O–H groups in total. The molecule has 0 fully saturated rings. The normalized spacial score (nSPS) is 9.90. The van der Waals surface area contributed by atoms with Crippen molar-refractivity contribution in [1.82, 2.24) is 9.97 Å². The molecular formula is C8H12N2. The summed E-state index contributed by atoms with van der Waals surface area (Å²) in [5.74, 6) is 0. The van der Waals surface area contributed by atoms with Gasteiger partial charge in [0.2, 0.25) is 0 Å². The van der Waals surface area contributed by atoms with Crippen molar-refractivity contribution in [3.8, 4) is 0 Å². The second-order valence-corrected chi connectivity index (χ2v) is 2.40. The first-order valence-corrected chi connectivity index (χ1v) is 3.53. The molecule has 0 unspecified atom stereocenters. The van der Waals surface area contributed by atoms with Crippen molar-refractivity contribution in [2.75, 3.05) is 0 Å². The molecule has 0 bridgehead atoms. The predicted octanol–water partition coefficient (Wildman–Crippen LogP) is 1.66. The average molecular weight is 138 g/mol. The highest BCUT2D eigenvalue weighted by Crippen LogP contribution is 2.01. The quantitative estimate of drug-likeness (QED) is 0.551. The number of rotatable bonds is 1. The van der Waals surface area contributed by atoms with Gasteiger partial charge in [-0.2, -0.15) is 0 Å². The highest BCUT2D eigenvalue weighted by atomic mass is 14.8. The van der Waals surface area contributed by atoms with Gasteiger partial charge >= 0.3 is 0 Å². The third-order valence-electron chi connectivity index (χ3n) is 1.50. The van der Waals surface area contributed by atoms with Gasteiger partial charge in [-0.05, 0) is 20.3 Å². The Kier molecular flexibility index (Phi) is 2.00. The van der Waals surface area contributed by atoms with Crippen LogP contribution in [0.4, 0.5) is 0 Å². The van der Waals surface area contributed by atoms with E-state index in [1.54, 1.807) is 0 Å². The van der Waals surface area contributed by atoms with Gasteiger partial charge in [0.25, 0.3) is 0 Å². The van der Waals surface area contributed by atoms with Crippen LogP contribution in [0.2, 0.25) is 0 Å². The van der Waals surface area contributed by atoms with Gasteiger partial charge in [-0.25, -0.2) is 0 Å². The summed E-state index contributed by atoms with van der Waals surface area (Å²) in [5, 5.41) is 0. The molecule has 0 spiro atoms. The Bertz CT molecular complexity index is 231. The zero-order valence-electron chi connectivity index (χ0n) is 6.68. The van der Waals surface area contributed by atoms with Gasteiger partial charge in [0.05, 0.1) is 17.1 Å². The van der Waals surface area contributed by atoms with Crippen LogP contribution in [0, 0.1) is 13.8 Å². The molecule has 0 amide bonds. The molecule has 0 aliphatic carbocycles. The summed E-state index contributed by atoms with van der Waals surface area (Å²) in [7, 11) is 0.